The molecule has 2 atom stereocenters. The fourth-order valence-electron chi connectivity index (χ4n) is 1.46. The second-order valence-electron chi connectivity index (χ2n) is 2.96. The minimum Gasteiger partial charge on any atom is -0.478 e. The summed E-state index contributed by atoms with van der Waals surface area (Å²) in [4.78, 5) is 10.1. The van der Waals surface area contributed by atoms with Crippen molar-refractivity contribution in [3.8, 4) is 0 Å². The Morgan fingerprint density at radius 3 is 2.73 bits per heavy atom. The molecular weight excluding hydrogens is 142 g/mol. The Hall–Kier alpha value is -0.830. The van der Waals surface area contributed by atoms with Crippen LogP contribution in [0.3, 0.4) is 0 Å². The van der Waals surface area contributed by atoms with Crippen molar-refractivity contribution in [3.63, 3.8) is 0 Å². The van der Waals surface area contributed by atoms with Gasteiger partial charge in [-0.1, -0.05) is 12.5 Å². The summed E-state index contributed by atoms with van der Waals surface area (Å²) in [5.74, 6) is -0.602. The van der Waals surface area contributed by atoms with E-state index >= 15 is 0 Å². The molecule has 0 spiro atoms. The number of aliphatic carboxylic acids is 1. The van der Waals surface area contributed by atoms with Crippen molar-refractivity contribution in [1.82, 2.24) is 0 Å². The summed E-state index contributed by atoms with van der Waals surface area (Å²) in [5.41, 5.74) is 5.72. The highest BCUT2D eigenvalue weighted by Crippen LogP contribution is 2.24. The zero-order valence-electron chi connectivity index (χ0n) is 6.36. The number of carboxylic acid groups (broad SMARTS) is 1. The average Bonchev–Trinajstić information content (AvgIpc) is 2.31. The van der Waals surface area contributed by atoms with Crippen molar-refractivity contribution < 1.29 is 9.90 Å². The molecule has 0 heterocycles. The van der Waals surface area contributed by atoms with E-state index in [0.29, 0.717) is 0 Å². The monoisotopic (exact) mass is 155 g/mol. The highest BCUT2D eigenvalue weighted by Gasteiger charge is 2.20. The van der Waals surface area contributed by atoms with Gasteiger partial charge in [-0.15, -0.1) is 0 Å². The van der Waals surface area contributed by atoms with Crippen LogP contribution in [0, 0.1) is 5.92 Å². The number of hydrogen-bond acceptors (Lipinski definition) is 2. The van der Waals surface area contributed by atoms with E-state index in [4.69, 9.17) is 10.8 Å². The molecule has 62 valence electrons. The van der Waals surface area contributed by atoms with Crippen LogP contribution in [0.4, 0.5) is 0 Å². The van der Waals surface area contributed by atoms with Gasteiger partial charge in [0.1, 0.15) is 0 Å². The molecule has 1 aliphatic rings. The standard InChI is InChI=1S/C8H13NO2/c9-7-3-1-2-6(7)4-5-8(10)11/h4-7H,1-3,9H2,(H,10,11)/b5-4+/t6-,7-/m0/s1. The van der Waals surface area contributed by atoms with E-state index in [-0.39, 0.29) is 12.0 Å². The number of rotatable bonds is 2. The first kappa shape index (κ1) is 8.27. The number of nitrogens with two attached hydrogens (primary N) is 1. The SMILES string of the molecule is N[C@H]1CCC[C@H]1/C=C/C(=O)O. The molecule has 0 aromatic heterocycles. The van der Waals surface area contributed by atoms with Gasteiger partial charge in [0.25, 0.3) is 0 Å². The first-order chi connectivity index (χ1) is 5.20. The van der Waals surface area contributed by atoms with Crippen LogP contribution in [-0.2, 0) is 4.79 Å². The summed E-state index contributed by atoms with van der Waals surface area (Å²) < 4.78 is 0. The lowest BCUT2D eigenvalue weighted by molar-refractivity contribution is -0.131. The molecule has 1 fully saturated rings. The van der Waals surface area contributed by atoms with Gasteiger partial charge in [0.2, 0.25) is 0 Å². The minimum absolute atomic E-state index is 0.172. The predicted molar refractivity (Wildman–Crippen MR) is 42.1 cm³/mol. The van der Waals surface area contributed by atoms with Crippen LogP contribution in [0.25, 0.3) is 0 Å². The van der Waals surface area contributed by atoms with E-state index in [1.807, 2.05) is 0 Å². The lowest BCUT2D eigenvalue weighted by Crippen LogP contribution is -2.22. The minimum atomic E-state index is -0.885. The molecule has 11 heavy (non-hydrogen) atoms. The normalized spacial score (nSPS) is 31.4. The molecule has 0 radical (unpaired) electrons. The van der Waals surface area contributed by atoms with Crippen molar-refractivity contribution >= 4 is 5.97 Å². The van der Waals surface area contributed by atoms with Crippen LogP contribution in [0.2, 0.25) is 0 Å². The Labute approximate surface area is 65.9 Å². The molecule has 1 aliphatic carbocycles. The van der Waals surface area contributed by atoms with Gasteiger partial charge in [0, 0.05) is 12.1 Å². The summed E-state index contributed by atoms with van der Waals surface area (Å²) in [6.45, 7) is 0. The quantitative estimate of drug-likeness (QED) is 0.578. The third-order valence-electron chi connectivity index (χ3n) is 2.11. The maximum absolute atomic E-state index is 10.1. The Balaban J connectivity index is 2.42. The third kappa shape index (κ3) is 2.35. The van der Waals surface area contributed by atoms with Gasteiger partial charge >= 0.3 is 5.97 Å². The highest BCUT2D eigenvalue weighted by atomic mass is 16.4. The van der Waals surface area contributed by atoms with Crippen molar-refractivity contribution in [2.75, 3.05) is 0 Å². The molecule has 1 saturated carbocycles. The van der Waals surface area contributed by atoms with E-state index in [1.165, 1.54) is 6.08 Å². The molecule has 0 saturated heterocycles. The van der Waals surface area contributed by atoms with Crippen LogP contribution in [0.5, 0.6) is 0 Å². The van der Waals surface area contributed by atoms with Crippen molar-refractivity contribution in [2.24, 2.45) is 11.7 Å². The van der Waals surface area contributed by atoms with Crippen LogP contribution < -0.4 is 5.73 Å². The maximum Gasteiger partial charge on any atom is 0.327 e. The van der Waals surface area contributed by atoms with Crippen LogP contribution >= 0.6 is 0 Å². The summed E-state index contributed by atoms with van der Waals surface area (Å²) in [6.07, 6.45) is 6.07. The summed E-state index contributed by atoms with van der Waals surface area (Å²) in [6, 6.07) is 0.172. The van der Waals surface area contributed by atoms with Crippen LogP contribution in [0.15, 0.2) is 12.2 Å². The van der Waals surface area contributed by atoms with Gasteiger partial charge in [0.15, 0.2) is 0 Å². The lowest BCUT2D eigenvalue weighted by atomic mass is 10.0. The fourth-order valence-corrected chi connectivity index (χ4v) is 1.46. The summed E-state index contributed by atoms with van der Waals surface area (Å²) >= 11 is 0. The molecule has 3 nitrogen and oxygen atoms in total. The smallest absolute Gasteiger partial charge is 0.327 e. The molecule has 0 unspecified atom stereocenters. The van der Waals surface area contributed by atoms with Crippen molar-refractivity contribution in [2.45, 2.75) is 25.3 Å². The average molecular weight is 155 g/mol. The Bertz CT molecular complexity index is 177. The van der Waals surface area contributed by atoms with Crippen LogP contribution in [-0.4, -0.2) is 17.1 Å². The first-order valence-electron chi connectivity index (χ1n) is 3.87. The lowest BCUT2D eigenvalue weighted by Gasteiger charge is -2.08. The molecular formula is C8H13NO2. The van der Waals surface area contributed by atoms with Crippen molar-refractivity contribution in [1.29, 1.82) is 0 Å². The van der Waals surface area contributed by atoms with Crippen molar-refractivity contribution in [3.05, 3.63) is 12.2 Å². The molecule has 1 rings (SSSR count). The van der Waals surface area contributed by atoms with E-state index in [2.05, 4.69) is 0 Å². The molecule has 0 aromatic rings. The van der Waals surface area contributed by atoms with E-state index in [9.17, 15) is 4.79 Å². The second-order valence-corrected chi connectivity index (χ2v) is 2.96. The number of carbonyl (C=O) groups is 1. The maximum atomic E-state index is 10.1. The molecule has 3 N–H and O–H groups in total. The molecule has 0 amide bonds. The van der Waals surface area contributed by atoms with Gasteiger partial charge in [-0.3, -0.25) is 0 Å². The Morgan fingerprint density at radius 2 is 2.27 bits per heavy atom. The predicted octanol–water partition coefficient (Wildman–Crippen LogP) is 0.755. The zero-order valence-corrected chi connectivity index (χ0v) is 6.36. The first-order valence-corrected chi connectivity index (χ1v) is 3.87. The third-order valence-corrected chi connectivity index (χ3v) is 2.11. The molecule has 0 aromatic carbocycles. The second kappa shape index (κ2) is 3.53. The number of hydrogen-bond donors (Lipinski definition) is 2. The Morgan fingerprint density at radius 1 is 1.55 bits per heavy atom. The molecule has 3 heteroatoms. The van der Waals surface area contributed by atoms with Gasteiger partial charge < -0.3 is 10.8 Å². The van der Waals surface area contributed by atoms with Gasteiger partial charge in [-0.25, -0.2) is 4.79 Å². The molecule has 0 aliphatic heterocycles. The zero-order chi connectivity index (χ0) is 8.27. The largest absolute Gasteiger partial charge is 0.478 e. The fraction of sp³-hybridized carbons (Fsp3) is 0.625. The van der Waals surface area contributed by atoms with Gasteiger partial charge in [-0.2, -0.15) is 0 Å². The highest BCUT2D eigenvalue weighted by molar-refractivity contribution is 5.79. The summed E-state index contributed by atoms with van der Waals surface area (Å²) in [7, 11) is 0. The summed E-state index contributed by atoms with van der Waals surface area (Å²) in [5, 5.41) is 8.33. The Kier molecular flexibility index (Phi) is 2.65. The topological polar surface area (TPSA) is 63.3 Å². The van der Waals surface area contributed by atoms with E-state index in [1.54, 1.807) is 6.08 Å². The van der Waals surface area contributed by atoms with Gasteiger partial charge in [-0.05, 0) is 18.8 Å². The molecule has 0 bridgehead atoms. The van der Waals surface area contributed by atoms with Crippen LogP contribution in [0.1, 0.15) is 19.3 Å². The van der Waals surface area contributed by atoms with Gasteiger partial charge in [0.05, 0.1) is 0 Å². The van der Waals surface area contributed by atoms with E-state index < -0.39 is 5.97 Å². The number of carboxylic acids is 1. The van der Waals surface area contributed by atoms with E-state index in [0.717, 1.165) is 19.3 Å².